The Bertz CT molecular complexity index is 444. The van der Waals surface area contributed by atoms with Crippen molar-refractivity contribution in [2.45, 2.75) is 32.6 Å². The van der Waals surface area contributed by atoms with E-state index in [1.165, 1.54) is 12.5 Å². The summed E-state index contributed by atoms with van der Waals surface area (Å²) in [4.78, 5) is 25.3. The minimum Gasteiger partial charge on any atom is -0.481 e. The molecule has 0 aromatic carbocycles. The standard InChI is InChI=1S/C14H19NO4/c1-2-4-14(13(17)18)5-7-15(8-6-14)12(16)11-3-9-19-10-11/h3,9-10H,2,4-8H2,1H3,(H,17,18). The molecule has 1 N–H and O–H groups in total. The van der Waals surface area contributed by atoms with Crippen LogP contribution in [0.4, 0.5) is 0 Å². The highest BCUT2D eigenvalue weighted by Crippen LogP contribution is 2.36. The van der Waals surface area contributed by atoms with E-state index in [1.807, 2.05) is 6.92 Å². The summed E-state index contributed by atoms with van der Waals surface area (Å²) in [5.41, 5.74) is -0.125. The van der Waals surface area contributed by atoms with E-state index in [1.54, 1.807) is 11.0 Å². The number of carboxylic acid groups (broad SMARTS) is 1. The van der Waals surface area contributed by atoms with Gasteiger partial charge in [-0.25, -0.2) is 0 Å². The van der Waals surface area contributed by atoms with Gasteiger partial charge in [0.05, 0.1) is 17.2 Å². The van der Waals surface area contributed by atoms with Crippen molar-refractivity contribution in [3.05, 3.63) is 24.2 Å². The number of hydrogen-bond acceptors (Lipinski definition) is 3. The van der Waals surface area contributed by atoms with Crippen LogP contribution in [0.5, 0.6) is 0 Å². The van der Waals surface area contributed by atoms with E-state index in [9.17, 15) is 14.7 Å². The summed E-state index contributed by atoms with van der Waals surface area (Å²) in [5.74, 6) is -0.811. The minimum absolute atomic E-state index is 0.0794. The molecule has 1 saturated heterocycles. The van der Waals surface area contributed by atoms with Crippen LogP contribution < -0.4 is 0 Å². The first kappa shape index (κ1) is 13.6. The highest BCUT2D eigenvalue weighted by Gasteiger charge is 2.41. The van der Waals surface area contributed by atoms with Crippen LogP contribution in [-0.2, 0) is 4.79 Å². The first-order valence-electron chi connectivity index (χ1n) is 6.64. The third-order valence-corrected chi connectivity index (χ3v) is 3.96. The Labute approximate surface area is 112 Å². The van der Waals surface area contributed by atoms with Crippen LogP contribution in [0.1, 0.15) is 43.0 Å². The van der Waals surface area contributed by atoms with Gasteiger partial charge in [0.1, 0.15) is 6.26 Å². The Morgan fingerprint density at radius 2 is 2.11 bits per heavy atom. The number of furan rings is 1. The molecule has 0 spiro atoms. The van der Waals surface area contributed by atoms with Gasteiger partial charge in [0.25, 0.3) is 5.91 Å². The Kier molecular flexibility index (Phi) is 3.93. The molecule has 0 radical (unpaired) electrons. The molecule has 1 aromatic heterocycles. The second kappa shape index (κ2) is 5.47. The lowest BCUT2D eigenvalue weighted by atomic mass is 9.75. The van der Waals surface area contributed by atoms with Crippen molar-refractivity contribution >= 4 is 11.9 Å². The highest BCUT2D eigenvalue weighted by atomic mass is 16.4. The minimum atomic E-state index is -0.732. The van der Waals surface area contributed by atoms with Gasteiger partial charge in [-0.1, -0.05) is 13.3 Å². The van der Waals surface area contributed by atoms with Crippen LogP contribution in [-0.4, -0.2) is 35.0 Å². The van der Waals surface area contributed by atoms with Gasteiger partial charge in [-0.3, -0.25) is 9.59 Å². The van der Waals surface area contributed by atoms with Crippen molar-refractivity contribution < 1.29 is 19.1 Å². The van der Waals surface area contributed by atoms with Gasteiger partial charge in [-0.2, -0.15) is 0 Å². The molecule has 0 unspecified atom stereocenters. The fourth-order valence-electron chi connectivity index (χ4n) is 2.76. The molecule has 1 aliphatic rings. The molecule has 2 heterocycles. The average molecular weight is 265 g/mol. The topological polar surface area (TPSA) is 70.8 Å². The Hall–Kier alpha value is -1.78. The molecule has 0 atom stereocenters. The average Bonchev–Trinajstić information content (AvgIpc) is 2.93. The fraction of sp³-hybridized carbons (Fsp3) is 0.571. The molecule has 1 fully saturated rings. The third-order valence-electron chi connectivity index (χ3n) is 3.96. The molecular weight excluding hydrogens is 246 g/mol. The maximum absolute atomic E-state index is 12.1. The van der Waals surface area contributed by atoms with Crippen molar-refractivity contribution in [2.75, 3.05) is 13.1 Å². The second-order valence-corrected chi connectivity index (χ2v) is 5.14. The molecule has 0 aliphatic carbocycles. The summed E-state index contributed by atoms with van der Waals surface area (Å²) in [5, 5.41) is 9.41. The van der Waals surface area contributed by atoms with Crippen molar-refractivity contribution in [3.8, 4) is 0 Å². The lowest BCUT2D eigenvalue weighted by molar-refractivity contribution is -0.152. The quantitative estimate of drug-likeness (QED) is 0.907. The van der Waals surface area contributed by atoms with Gasteiger partial charge >= 0.3 is 5.97 Å². The Morgan fingerprint density at radius 1 is 1.42 bits per heavy atom. The van der Waals surface area contributed by atoms with Gasteiger partial charge in [0.2, 0.25) is 0 Å². The zero-order valence-electron chi connectivity index (χ0n) is 11.1. The maximum Gasteiger partial charge on any atom is 0.309 e. The summed E-state index contributed by atoms with van der Waals surface area (Å²) in [6, 6.07) is 1.63. The SMILES string of the molecule is CCCC1(C(=O)O)CCN(C(=O)c2ccoc2)CC1. The molecule has 5 nitrogen and oxygen atoms in total. The van der Waals surface area contributed by atoms with Crippen LogP contribution in [0.15, 0.2) is 23.0 Å². The van der Waals surface area contributed by atoms with E-state index in [-0.39, 0.29) is 5.91 Å². The number of carbonyl (C=O) groups is 2. The number of carboxylic acids is 1. The zero-order chi connectivity index (χ0) is 13.9. The van der Waals surface area contributed by atoms with E-state index in [0.717, 1.165) is 6.42 Å². The lowest BCUT2D eigenvalue weighted by Gasteiger charge is -2.38. The van der Waals surface area contributed by atoms with Crippen molar-refractivity contribution in [3.63, 3.8) is 0 Å². The van der Waals surface area contributed by atoms with Gasteiger partial charge < -0.3 is 14.4 Å². The molecule has 1 aromatic rings. The van der Waals surface area contributed by atoms with Crippen molar-refractivity contribution in [1.29, 1.82) is 0 Å². The Balaban J connectivity index is 2.02. The molecule has 5 heteroatoms. The third kappa shape index (κ3) is 2.64. The molecule has 1 aliphatic heterocycles. The number of piperidine rings is 1. The van der Waals surface area contributed by atoms with Crippen molar-refractivity contribution in [2.24, 2.45) is 5.41 Å². The molecule has 19 heavy (non-hydrogen) atoms. The summed E-state index contributed by atoms with van der Waals surface area (Å²) in [6.07, 6.45) is 5.47. The van der Waals surface area contributed by atoms with Crippen LogP contribution in [0.25, 0.3) is 0 Å². The number of rotatable bonds is 4. The monoisotopic (exact) mass is 265 g/mol. The highest BCUT2D eigenvalue weighted by molar-refractivity contribution is 5.94. The lowest BCUT2D eigenvalue weighted by Crippen LogP contribution is -2.46. The molecule has 1 amide bonds. The van der Waals surface area contributed by atoms with Gasteiger partial charge in [-0.05, 0) is 25.3 Å². The zero-order valence-corrected chi connectivity index (χ0v) is 11.1. The number of amides is 1. The normalized spacial score (nSPS) is 18.3. The van der Waals surface area contributed by atoms with Gasteiger partial charge in [0, 0.05) is 13.1 Å². The van der Waals surface area contributed by atoms with Crippen LogP contribution in [0.3, 0.4) is 0 Å². The van der Waals surface area contributed by atoms with E-state index in [2.05, 4.69) is 0 Å². The smallest absolute Gasteiger partial charge is 0.309 e. The summed E-state index contributed by atoms with van der Waals surface area (Å²) >= 11 is 0. The molecule has 0 bridgehead atoms. The first-order chi connectivity index (χ1) is 9.09. The van der Waals surface area contributed by atoms with E-state index in [4.69, 9.17) is 4.42 Å². The first-order valence-corrected chi connectivity index (χ1v) is 6.64. The van der Waals surface area contributed by atoms with Crippen molar-refractivity contribution in [1.82, 2.24) is 4.90 Å². The summed E-state index contributed by atoms with van der Waals surface area (Å²) in [7, 11) is 0. The van der Waals surface area contributed by atoms with Gasteiger partial charge in [-0.15, -0.1) is 0 Å². The largest absolute Gasteiger partial charge is 0.481 e. The molecule has 2 rings (SSSR count). The number of nitrogens with zero attached hydrogens (tertiary/aromatic N) is 1. The molecule has 0 saturated carbocycles. The second-order valence-electron chi connectivity index (χ2n) is 5.14. The van der Waals surface area contributed by atoms with E-state index < -0.39 is 11.4 Å². The predicted octanol–water partition coefficient (Wildman–Crippen LogP) is 2.39. The predicted molar refractivity (Wildman–Crippen MR) is 68.8 cm³/mol. The van der Waals surface area contributed by atoms with Gasteiger partial charge in [0.15, 0.2) is 0 Å². The summed E-state index contributed by atoms with van der Waals surface area (Å²) in [6.45, 7) is 2.99. The fourth-order valence-corrected chi connectivity index (χ4v) is 2.76. The maximum atomic E-state index is 12.1. The Morgan fingerprint density at radius 3 is 2.58 bits per heavy atom. The van der Waals surface area contributed by atoms with Crippen LogP contribution in [0.2, 0.25) is 0 Å². The molecular formula is C14H19NO4. The molecule has 104 valence electrons. The number of aliphatic carboxylic acids is 1. The number of hydrogen-bond donors (Lipinski definition) is 1. The number of likely N-dealkylation sites (tertiary alicyclic amines) is 1. The van der Waals surface area contributed by atoms with Crippen LogP contribution >= 0.6 is 0 Å². The van der Waals surface area contributed by atoms with E-state index >= 15 is 0 Å². The number of carbonyl (C=O) groups excluding carboxylic acids is 1. The van der Waals surface area contributed by atoms with E-state index in [0.29, 0.717) is 37.9 Å². The summed E-state index contributed by atoms with van der Waals surface area (Å²) < 4.78 is 4.90. The van der Waals surface area contributed by atoms with Crippen LogP contribution in [0, 0.1) is 5.41 Å².